The summed E-state index contributed by atoms with van der Waals surface area (Å²) in [6, 6.07) is 16.8. The van der Waals surface area contributed by atoms with E-state index in [2.05, 4.69) is 43.3 Å². The standard InChI is InChI=1S/C19H22O/c1-2-4-14-5-3-6-18(13-14)19(20)17-11-9-16(10-12-17)15-7-8-15/h3,5-6,9-13,15,19-20H,2,4,7-8H2,1H3. The van der Waals surface area contributed by atoms with Gasteiger partial charge in [0.15, 0.2) is 0 Å². The number of aliphatic hydroxyl groups excluding tert-OH is 1. The topological polar surface area (TPSA) is 20.2 Å². The Bertz CT molecular complexity index is 567. The van der Waals surface area contributed by atoms with Gasteiger partial charge in [-0.15, -0.1) is 0 Å². The number of rotatable bonds is 5. The molecule has 0 radical (unpaired) electrons. The van der Waals surface area contributed by atoms with Gasteiger partial charge in [-0.1, -0.05) is 61.9 Å². The lowest BCUT2D eigenvalue weighted by molar-refractivity contribution is 0.220. The second-order valence-corrected chi connectivity index (χ2v) is 5.84. The number of hydrogen-bond acceptors (Lipinski definition) is 1. The Morgan fingerprint density at radius 1 is 1.05 bits per heavy atom. The Morgan fingerprint density at radius 3 is 2.45 bits per heavy atom. The van der Waals surface area contributed by atoms with Gasteiger partial charge in [-0.25, -0.2) is 0 Å². The van der Waals surface area contributed by atoms with Crippen molar-refractivity contribution in [3.05, 3.63) is 70.8 Å². The average Bonchev–Trinajstić information content (AvgIpc) is 3.32. The van der Waals surface area contributed by atoms with E-state index in [1.807, 2.05) is 12.1 Å². The third-order valence-corrected chi connectivity index (χ3v) is 4.11. The van der Waals surface area contributed by atoms with Crippen LogP contribution >= 0.6 is 0 Å². The first-order chi connectivity index (χ1) is 9.78. The predicted molar refractivity (Wildman–Crippen MR) is 82.9 cm³/mol. The molecule has 0 saturated heterocycles. The summed E-state index contributed by atoms with van der Waals surface area (Å²) in [6.07, 6.45) is 4.33. The summed E-state index contributed by atoms with van der Waals surface area (Å²) in [7, 11) is 0. The fourth-order valence-electron chi connectivity index (χ4n) is 2.77. The molecule has 1 atom stereocenters. The van der Waals surface area contributed by atoms with E-state index in [0.29, 0.717) is 0 Å². The lowest BCUT2D eigenvalue weighted by Crippen LogP contribution is -2.00. The maximum Gasteiger partial charge on any atom is 0.104 e. The Hall–Kier alpha value is -1.60. The zero-order chi connectivity index (χ0) is 13.9. The Balaban J connectivity index is 1.79. The van der Waals surface area contributed by atoms with Crippen molar-refractivity contribution in [1.82, 2.24) is 0 Å². The highest BCUT2D eigenvalue weighted by molar-refractivity contribution is 5.35. The third kappa shape index (κ3) is 2.94. The average molecular weight is 266 g/mol. The van der Waals surface area contributed by atoms with Gasteiger partial charge in [-0.05, 0) is 47.4 Å². The lowest BCUT2D eigenvalue weighted by atomic mass is 9.97. The van der Waals surface area contributed by atoms with Crippen molar-refractivity contribution in [3.63, 3.8) is 0 Å². The second-order valence-electron chi connectivity index (χ2n) is 5.84. The summed E-state index contributed by atoms with van der Waals surface area (Å²) in [4.78, 5) is 0. The summed E-state index contributed by atoms with van der Waals surface area (Å²) < 4.78 is 0. The molecular weight excluding hydrogens is 244 g/mol. The highest BCUT2D eigenvalue weighted by Crippen LogP contribution is 2.40. The first-order valence-corrected chi connectivity index (χ1v) is 7.64. The van der Waals surface area contributed by atoms with E-state index in [1.54, 1.807) is 0 Å². The van der Waals surface area contributed by atoms with E-state index >= 15 is 0 Å². The first-order valence-electron chi connectivity index (χ1n) is 7.64. The molecule has 0 amide bonds. The monoisotopic (exact) mass is 266 g/mol. The minimum Gasteiger partial charge on any atom is -0.384 e. The largest absolute Gasteiger partial charge is 0.384 e. The minimum atomic E-state index is -0.514. The second kappa shape index (κ2) is 5.80. The smallest absolute Gasteiger partial charge is 0.104 e. The van der Waals surface area contributed by atoms with Crippen LogP contribution in [0.3, 0.4) is 0 Å². The quantitative estimate of drug-likeness (QED) is 0.838. The van der Waals surface area contributed by atoms with Crippen LogP contribution in [-0.2, 0) is 6.42 Å². The SMILES string of the molecule is CCCc1cccc(C(O)c2ccc(C3CC3)cc2)c1. The van der Waals surface area contributed by atoms with Crippen molar-refractivity contribution in [1.29, 1.82) is 0 Å². The molecule has 1 fully saturated rings. The van der Waals surface area contributed by atoms with Gasteiger partial charge in [-0.3, -0.25) is 0 Å². The van der Waals surface area contributed by atoms with Crippen molar-refractivity contribution < 1.29 is 5.11 Å². The molecule has 0 aliphatic heterocycles. The summed E-state index contributed by atoms with van der Waals surface area (Å²) in [6.45, 7) is 2.18. The van der Waals surface area contributed by atoms with Crippen LogP contribution in [0, 0.1) is 0 Å². The zero-order valence-electron chi connectivity index (χ0n) is 12.0. The first kappa shape index (κ1) is 13.4. The highest BCUT2D eigenvalue weighted by atomic mass is 16.3. The van der Waals surface area contributed by atoms with Crippen molar-refractivity contribution in [3.8, 4) is 0 Å². The van der Waals surface area contributed by atoms with Crippen LogP contribution in [0.25, 0.3) is 0 Å². The van der Waals surface area contributed by atoms with Gasteiger partial charge in [0.1, 0.15) is 6.10 Å². The fraction of sp³-hybridized carbons (Fsp3) is 0.368. The van der Waals surface area contributed by atoms with Crippen LogP contribution in [0.1, 0.15) is 60.5 Å². The van der Waals surface area contributed by atoms with Gasteiger partial charge in [-0.2, -0.15) is 0 Å². The molecule has 1 aliphatic carbocycles. The van der Waals surface area contributed by atoms with Gasteiger partial charge >= 0.3 is 0 Å². The molecule has 0 aromatic heterocycles. The maximum atomic E-state index is 10.5. The van der Waals surface area contributed by atoms with Crippen molar-refractivity contribution in [2.24, 2.45) is 0 Å². The molecule has 1 saturated carbocycles. The number of aliphatic hydroxyl groups is 1. The summed E-state index contributed by atoms with van der Waals surface area (Å²) in [5.74, 6) is 0.772. The Labute approximate surface area is 121 Å². The molecule has 2 aromatic carbocycles. The van der Waals surface area contributed by atoms with Crippen LogP contribution in [0.2, 0.25) is 0 Å². The van der Waals surface area contributed by atoms with Crippen LogP contribution in [0.15, 0.2) is 48.5 Å². The maximum absolute atomic E-state index is 10.5. The van der Waals surface area contributed by atoms with Crippen molar-refractivity contribution >= 4 is 0 Å². The highest BCUT2D eigenvalue weighted by Gasteiger charge is 2.23. The molecule has 1 N–H and O–H groups in total. The van der Waals surface area contributed by atoms with Crippen molar-refractivity contribution in [2.75, 3.05) is 0 Å². The molecule has 0 heterocycles. The predicted octanol–water partition coefficient (Wildman–Crippen LogP) is 4.60. The number of aryl methyl sites for hydroxylation is 1. The van der Waals surface area contributed by atoms with Crippen LogP contribution in [-0.4, -0.2) is 5.11 Å². The molecule has 1 aliphatic rings. The summed E-state index contributed by atoms with van der Waals surface area (Å²) in [5.41, 5.74) is 4.71. The summed E-state index contributed by atoms with van der Waals surface area (Å²) in [5, 5.41) is 10.5. The minimum absolute atomic E-state index is 0.514. The van der Waals surface area contributed by atoms with Gasteiger partial charge in [0.2, 0.25) is 0 Å². The Kier molecular flexibility index (Phi) is 3.88. The van der Waals surface area contributed by atoms with Crippen molar-refractivity contribution in [2.45, 2.75) is 44.6 Å². The molecule has 20 heavy (non-hydrogen) atoms. The molecule has 1 heteroatoms. The zero-order valence-corrected chi connectivity index (χ0v) is 12.0. The molecule has 1 nitrogen and oxygen atoms in total. The number of benzene rings is 2. The number of hydrogen-bond donors (Lipinski definition) is 1. The van der Waals surface area contributed by atoms with Crippen LogP contribution < -0.4 is 0 Å². The van der Waals surface area contributed by atoms with E-state index in [4.69, 9.17) is 0 Å². The molecular formula is C19H22O. The van der Waals surface area contributed by atoms with Crippen LogP contribution in [0.5, 0.6) is 0 Å². The molecule has 2 aromatic rings. The van der Waals surface area contributed by atoms with Gasteiger partial charge in [0, 0.05) is 0 Å². The molecule has 3 rings (SSSR count). The molecule has 104 valence electrons. The van der Waals surface area contributed by atoms with E-state index in [1.165, 1.54) is 24.0 Å². The van der Waals surface area contributed by atoms with E-state index in [-0.39, 0.29) is 0 Å². The van der Waals surface area contributed by atoms with E-state index in [0.717, 1.165) is 29.9 Å². The van der Waals surface area contributed by atoms with E-state index in [9.17, 15) is 5.11 Å². The van der Waals surface area contributed by atoms with E-state index < -0.39 is 6.10 Å². The van der Waals surface area contributed by atoms with Gasteiger partial charge in [0.05, 0.1) is 0 Å². The van der Waals surface area contributed by atoms with Crippen LogP contribution in [0.4, 0.5) is 0 Å². The van der Waals surface area contributed by atoms with Gasteiger partial charge in [0.25, 0.3) is 0 Å². The normalized spacial score (nSPS) is 16.1. The molecule has 0 spiro atoms. The fourth-order valence-corrected chi connectivity index (χ4v) is 2.77. The van der Waals surface area contributed by atoms with Gasteiger partial charge < -0.3 is 5.11 Å². The molecule has 1 unspecified atom stereocenters. The summed E-state index contributed by atoms with van der Waals surface area (Å²) >= 11 is 0. The third-order valence-electron chi connectivity index (χ3n) is 4.11. The lowest BCUT2D eigenvalue weighted by Gasteiger charge is -2.13. The molecule has 0 bridgehead atoms. The Morgan fingerprint density at radius 2 is 1.80 bits per heavy atom.